The molecule has 2 rings (SSSR count). The average Bonchev–Trinajstić information content (AvgIpc) is 2.82. The fourth-order valence-electron chi connectivity index (χ4n) is 1.60. The maximum Gasteiger partial charge on any atom is 0.252 e. The lowest BCUT2D eigenvalue weighted by molar-refractivity contribution is 0.0956. The minimum Gasteiger partial charge on any atom is -0.409 e. The minimum absolute atomic E-state index is 0.102. The molecule has 0 saturated carbocycles. The van der Waals surface area contributed by atoms with Crippen LogP contribution in [0.25, 0.3) is 10.1 Å². The normalized spacial score (nSPS) is 11.7. The fourth-order valence-corrected chi connectivity index (χ4v) is 2.54. The van der Waals surface area contributed by atoms with Crippen molar-refractivity contribution in [3.05, 3.63) is 35.2 Å². The van der Waals surface area contributed by atoms with Crippen molar-refractivity contribution in [1.82, 2.24) is 5.32 Å². The molecule has 0 bridgehead atoms. The molecule has 1 aromatic heterocycles. The Labute approximate surface area is 108 Å². The third-order valence-corrected chi connectivity index (χ3v) is 3.48. The summed E-state index contributed by atoms with van der Waals surface area (Å²) in [6.45, 7) is 0.346. The molecular formula is C12H13N3O2S. The molecule has 0 saturated heterocycles. The van der Waals surface area contributed by atoms with E-state index in [1.807, 2.05) is 29.6 Å². The molecule has 2 aromatic rings. The van der Waals surface area contributed by atoms with Crippen LogP contribution >= 0.6 is 11.3 Å². The molecule has 0 fully saturated rings. The number of benzene rings is 1. The van der Waals surface area contributed by atoms with E-state index in [-0.39, 0.29) is 11.7 Å². The number of amides is 1. The van der Waals surface area contributed by atoms with Crippen LogP contribution in [0.15, 0.2) is 34.8 Å². The summed E-state index contributed by atoms with van der Waals surface area (Å²) in [6.07, 6.45) is 0.324. The molecule has 0 aliphatic carbocycles. The number of oxime groups is 1. The van der Waals surface area contributed by atoms with Crippen molar-refractivity contribution in [2.24, 2.45) is 10.9 Å². The van der Waals surface area contributed by atoms with E-state index >= 15 is 0 Å². The molecule has 6 heteroatoms. The Morgan fingerprint density at radius 3 is 3.00 bits per heavy atom. The Hall–Kier alpha value is -2.08. The molecule has 1 amide bonds. The molecule has 0 spiro atoms. The number of carbonyl (C=O) groups excluding carboxylic acids is 1. The van der Waals surface area contributed by atoms with Crippen molar-refractivity contribution in [2.45, 2.75) is 6.42 Å². The minimum atomic E-state index is -0.141. The zero-order valence-corrected chi connectivity index (χ0v) is 10.4. The number of nitrogens with zero attached hydrogens (tertiary/aromatic N) is 1. The van der Waals surface area contributed by atoms with Crippen molar-refractivity contribution in [3.8, 4) is 0 Å². The topological polar surface area (TPSA) is 87.7 Å². The van der Waals surface area contributed by atoms with E-state index in [0.717, 1.165) is 10.1 Å². The number of rotatable bonds is 4. The van der Waals surface area contributed by atoms with Crippen molar-refractivity contribution in [1.29, 1.82) is 0 Å². The van der Waals surface area contributed by atoms with E-state index in [4.69, 9.17) is 10.9 Å². The highest BCUT2D eigenvalue weighted by Crippen LogP contribution is 2.25. The first-order valence-corrected chi connectivity index (χ1v) is 6.31. The number of amidine groups is 1. The second-order valence-corrected chi connectivity index (χ2v) is 4.65. The first kappa shape index (κ1) is 12.4. The first-order valence-electron chi connectivity index (χ1n) is 5.43. The van der Waals surface area contributed by atoms with E-state index < -0.39 is 0 Å². The van der Waals surface area contributed by atoms with Gasteiger partial charge in [0.1, 0.15) is 5.84 Å². The van der Waals surface area contributed by atoms with Gasteiger partial charge in [-0.3, -0.25) is 4.79 Å². The number of carbonyl (C=O) groups is 1. The van der Waals surface area contributed by atoms with Crippen LogP contribution in [0.2, 0.25) is 0 Å². The van der Waals surface area contributed by atoms with E-state index in [0.29, 0.717) is 18.5 Å². The van der Waals surface area contributed by atoms with Crippen molar-refractivity contribution in [2.75, 3.05) is 6.54 Å². The average molecular weight is 263 g/mol. The molecule has 0 radical (unpaired) electrons. The zero-order chi connectivity index (χ0) is 13.0. The molecule has 5 nitrogen and oxygen atoms in total. The SMILES string of the molecule is NC(CCNC(=O)c1csc2ccccc12)=NO. The van der Waals surface area contributed by atoms with Gasteiger partial charge in [0.15, 0.2) is 0 Å². The Kier molecular flexibility index (Phi) is 3.78. The lowest BCUT2D eigenvalue weighted by Crippen LogP contribution is -2.27. The molecule has 0 aliphatic heterocycles. The highest BCUT2D eigenvalue weighted by molar-refractivity contribution is 7.17. The zero-order valence-electron chi connectivity index (χ0n) is 9.59. The van der Waals surface area contributed by atoms with Crippen LogP contribution in [0.3, 0.4) is 0 Å². The molecular weight excluding hydrogens is 250 g/mol. The monoisotopic (exact) mass is 263 g/mol. The van der Waals surface area contributed by atoms with Gasteiger partial charge < -0.3 is 16.3 Å². The quantitative estimate of drug-likeness (QED) is 0.340. The Morgan fingerprint density at radius 2 is 2.22 bits per heavy atom. The van der Waals surface area contributed by atoms with Gasteiger partial charge in [0.2, 0.25) is 0 Å². The number of fused-ring (bicyclic) bond motifs is 1. The van der Waals surface area contributed by atoms with E-state index in [2.05, 4.69) is 10.5 Å². The molecule has 4 N–H and O–H groups in total. The number of thiophene rings is 1. The second kappa shape index (κ2) is 5.50. The summed E-state index contributed by atoms with van der Waals surface area (Å²) in [7, 11) is 0. The van der Waals surface area contributed by atoms with Crippen LogP contribution in [0, 0.1) is 0 Å². The summed E-state index contributed by atoms with van der Waals surface area (Å²) >= 11 is 1.54. The van der Waals surface area contributed by atoms with Crippen LogP contribution in [0.5, 0.6) is 0 Å². The molecule has 0 aliphatic rings. The summed E-state index contributed by atoms with van der Waals surface area (Å²) in [5.41, 5.74) is 5.98. The van der Waals surface area contributed by atoms with Gasteiger partial charge in [-0.15, -0.1) is 11.3 Å². The molecule has 1 heterocycles. The maximum absolute atomic E-state index is 11.9. The summed E-state index contributed by atoms with van der Waals surface area (Å²) in [4.78, 5) is 11.9. The first-order chi connectivity index (χ1) is 8.72. The third-order valence-electron chi connectivity index (χ3n) is 2.52. The Balaban J connectivity index is 2.05. The van der Waals surface area contributed by atoms with Crippen LogP contribution in [0.4, 0.5) is 0 Å². The van der Waals surface area contributed by atoms with Crippen molar-refractivity contribution >= 4 is 33.2 Å². The molecule has 0 atom stereocenters. The largest absolute Gasteiger partial charge is 0.409 e. The van der Waals surface area contributed by atoms with Gasteiger partial charge >= 0.3 is 0 Å². The van der Waals surface area contributed by atoms with E-state index in [1.54, 1.807) is 0 Å². The summed E-state index contributed by atoms with van der Waals surface area (Å²) in [5, 5.41) is 16.7. The van der Waals surface area contributed by atoms with Crippen LogP contribution in [0.1, 0.15) is 16.8 Å². The van der Waals surface area contributed by atoms with E-state index in [1.165, 1.54) is 11.3 Å². The van der Waals surface area contributed by atoms with Gasteiger partial charge in [0.25, 0.3) is 5.91 Å². The van der Waals surface area contributed by atoms with Gasteiger partial charge in [0.05, 0.1) is 5.56 Å². The fraction of sp³-hybridized carbons (Fsp3) is 0.167. The van der Waals surface area contributed by atoms with Gasteiger partial charge in [-0.05, 0) is 6.07 Å². The van der Waals surface area contributed by atoms with E-state index in [9.17, 15) is 4.79 Å². The highest BCUT2D eigenvalue weighted by atomic mass is 32.1. The highest BCUT2D eigenvalue weighted by Gasteiger charge is 2.11. The van der Waals surface area contributed by atoms with Crippen molar-refractivity contribution < 1.29 is 10.0 Å². The van der Waals surface area contributed by atoms with Gasteiger partial charge in [-0.2, -0.15) is 0 Å². The van der Waals surface area contributed by atoms with Crippen LogP contribution in [-0.4, -0.2) is 23.5 Å². The van der Waals surface area contributed by atoms with Gasteiger partial charge in [0, 0.05) is 28.4 Å². The lowest BCUT2D eigenvalue weighted by Gasteiger charge is -2.03. The predicted octanol–water partition coefficient (Wildman–Crippen LogP) is 1.77. The predicted molar refractivity (Wildman–Crippen MR) is 72.2 cm³/mol. The summed E-state index contributed by atoms with van der Waals surface area (Å²) < 4.78 is 1.08. The third kappa shape index (κ3) is 2.60. The molecule has 18 heavy (non-hydrogen) atoms. The van der Waals surface area contributed by atoms with Crippen LogP contribution in [-0.2, 0) is 0 Å². The number of nitrogens with one attached hydrogen (secondary N) is 1. The van der Waals surface area contributed by atoms with Gasteiger partial charge in [-0.25, -0.2) is 0 Å². The Morgan fingerprint density at radius 1 is 1.44 bits per heavy atom. The Bertz CT molecular complexity index is 592. The van der Waals surface area contributed by atoms with Gasteiger partial charge in [-0.1, -0.05) is 23.4 Å². The smallest absolute Gasteiger partial charge is 0.252 e. The van der Waals surface area contributed by atoms with Crippen LogP contribution < -0.4 is 11.1 Å². The molecule has 0 unspecified atom stereocenters. The number of hydrogen-bond acceptors (Lipinski definition) is 4. The maximum atomic E-state index is 11.9. The molecule has 1 aromatic carbocycles. The summed E-state index contributed by atoms with van der Waals surface area (Å²) in [6, 6.07) is 7.75. The standard InChI is InChI=1S/C12H13N3O2S/c13-11(15-17)5-6-14-12(16)9-7-18-10-4-2-1-3-8(9)10/h1-4,7,17H,5-6H2,(H2,13,15)(H,14,16). The lowest BCUT2D eigenvalue weighted by atomic mass is 10.1. The molecule has 94 valence electrons. The summed E-state index contributed by atoms with van der Waals surface area (Å²) in [5.74, 6) is -0.0383. The van der Waals surface area contributed by atoms with Crippen molar-refractivity contribution in [3.63, 3.8) is 0 Å². The number of hydrogen-bond donors (Lipinski definition) is 3. The number of nitrogens with two attached hydrogens (primary N) is 1. The second-order valence-electron chi connectivity index (χ2n) is 3.74.